The van der Waals surface area contributed by atoms with Crippen molar-refractivity contribution in [3.8, 4) is 0 Å². The number of nitrogens with zero attached hydrogens (tertiary/aromatic N) is 1. The van der Waals surface area contributed by atoms with Crippen molar-refractivity contribution in [1.82, 2.24) is 10.2 Å². The first-order valence-corrected chi connectivity index (χ1v) is 7.77. The number of carbonyl (C=O) groups is 1. The average molecular weight is 266 g/mol. The molecular formula is C15H26N2O2. The number of amides is 1. The summed E-state index contributed by atoms with van der Waals surface area (Å²) in [6, 6.07) is 0.832. The van der Waals surface area contributed by atoms with Crippen molar-refractivity contribution >= 4 is 5.91 Å². The summed E-state index contributed by atoms with van der Waals surface area (Å²) in [5.74, 6) is 0.826. The van der Waals surface area contributed by atoms with Gasteiger partial charge in [-0.25, -0.2) is 0 Å². The summed E-state index contributed by atoms with van der Waals surface area (Å²) in [5.41, 5.74) is -0.260. The molecule has 1 N–H and O–H groups in total. The second kappa shape index (κ2) is 5.41. The van der Waals surface area contributed by atoms with Crippen LogP contribution in [0.3, 0.4) is 0 Å². The van der Waals surface area contributed by atoms with Crippen LogP contribution in [-0.2, 0) is 9.53 Å². The van der Waals surface area contributed by atoms with Gasteiger partial charge in [0.1, 0.15) is 0 Å². The molecule has 0 radical (unpaired) electrons. The molecule has 2 heterocycles. The van der Waals surface area contributed by atoms with Gasteiger partial charge in [-0.05, 0) is 38.6 Å². The largest absolute Gasteiger partial charge is 0.379 e. The molecule has 1 atom stereocenters. The molecule has 0 spiro atoms. The SMILES string of the molecule is CC1(C(=O)NC[C@@H]2CCN(C3CCCC3)C2)COC1. The zero-order chi connectivity index (χ0) is 13.3. The fourth-order valence-electron chi connectivity index (χ4n) is 3.62. The summed E-state index contributed by atoms with van der Waals surface area (Å²) in [6.45, 7) is 6.40. The summed E-state index contributed by atoms with van der Waals surface area (Å²) < 4.78 is 5.15. The summed E-state index contributed by atoms with van der Waals surface area (Å²) in [4.78, 5) is 14.7. The molecule has 1 aliphatic carbocycles. The minimum absolute atomic E-state index is 0.179. The van der Waals surface area contributed by atoms with Gasteiger partial charge in [0, 0.05) is 19.1 Å². The molecule has 2 aliphatic heterocycles. The Balaban J connectivity index is 1.40. The van der Waals surface area contributed by atoms with Crippen LogP contribution in [0.25, 0.3) is 0 Å². The first-order chi connectivity index (χ1) is 9.17. The monoisotopic (exact) mass is 266 g/mol. The van der Waals surface area contributed by atoms with Crippen LogP contribution in [-0.4, -0.2) is 49.7 Å². The van der Waals surface area contributed by atoms with Crippen molar-refractivity contribution in [3.05, 3.63) is 0 Å². The summed E-state index contributed by atoms with van der Waals surface area (Å²) >= 11 is 0. The van der Waals surface area contributed by atoms with Gasteiger partial charge < -0.3 is 15.0 Å². The Morgan fingerprint density at radius 1 is 1.32 bits per heavy atom. The first-order valence-electron chi connectivity index (χ1n) is 7.77. The Labute approximate surface area is 115 Å². The third-order valence-electron chi connectivity index (χ3n) is 5.10. The number of hydrogen-bond acceptors (Lipinski definition) is 3. The molecule has 3 rings (SSSR count). The van der Waals surface area contributed by atoms with E-state index in [1.807, 2.05) is 6.92 Å². The number of ether oxygens (including phenoxy) is 1. The van der Waals surface area contributed by atoms with Crippen molar-refractivity contribution in [2.24, 2.45) is 11.3 Å². The van der Waals surface area contributed by atoms with Crippen LogP contribution in [0, 0.1) is 11.3 Å². The smallest absolute Gasteiger partial charge is 0.230 e. The molecule has 4 heteroatoms. The highest BCUT2D eigenvalue weighted by molar-refractivity contribution is 5.83. The highest BCUT2D eigenvalue weighted by atomic mass is 16.5. The second-order valence-corrected chi connectivity index (χ2v) is 6.85. The van der Waals surface area contributed by atoms with Crippen LogP contribution < -0.4 is 5.32 Å². The zero-order valence-corrected chi connectivity index (χ0v) is 12.0. The molecule has 0 aromatic carbocycles. The Kier molecular flexibility index (Phi) is 3.81. The van der Waals surface area contributed by atoms with Gasteiger partial charge >= 0.3 is 0 Å². The first kappa shape index (κ1) is 13.4. The summed E-state index contributed by atoms with van der Waals surface area (Å²) in [7, 11) is 0. The van der Waals surface area contributed by atoms with Crippen molar-refractivity contribution in [1.29, 1.82) is 0 Å². The maximum atomic E-state index is 12.0. The molecule has 108 valence electrons. The Morgan fingerprint density at radius 3 is 2.68 bits per heavy atom. The normalized spacial score (nSPS) is 31.3. The lowest BCUT2D eigenvalue weighted by Crippen LogP contribution is -2.52. The summed E-state index contributed by atoms with van der Waals surface area (Å²) in [6.07, 6.45) is 6.81. The predicted octanol–water partition coefficient (Wildman–Crippen LogP) is 1.40. The van der Waals surface area contributed by atoms with E-state index in [0.29, 0.717) is 19.1 Å². The van der Waals surface area contributed by atoms with Crippen LogP contribution in [0.1, 0.15) is 39.0 Å². The van der Waals surface area contributed by atoms with Crippen molar-refractivity contribution in [2.75, 3.05) is 32.8 Å². The van der Waals surface area contributed by atoms with E-state index in [-0.39, 0.29) is 11.3 Å². The number of hydrogen-bond donors (Lipinski definition) is 1. The third-order valence-corrected chi connectivity index (χ3v) is 5.10. The lowest BCUT2D eigenvalue weighted by molar-refractivity contribution is -0.157. The van der Waals surface area contributed by atoms with Crippen LogP contribution >= 0.6 is 0 Å². The standard InChI is InChI=1S/C15H26N2O2/c1-15(10-19-11-15)14(18)16-8-12-6-7-17(9-12)13-4-2-3-5-13/h12-13H,2-11H2,1H3,(H,16,18)/t12-/m0/s1. The Bertz CT molecular complexity index is 335. The van der Waals surface area contributed by atoms with Crippen LogP contribution in [0.2, 0.25) is 0 Å². The molecular weight excluding hydrogens is 240 g/mol. The van der Waals surface area contributed by atoms with E-state index in [4.69, 9.17) is 4.74 Å². The van der Waals surface area contributed by atoms with Gasteiger partial charge in [0.2, 0.25) is 5.91 Å². The predicted molar refractivity (Wildman–Crippen MR) is 73.9 cm³/mol. The fraction of sp³-hybridized carbons (Fsp3) is 0.933. The quantitative estimate of drug-likeness (QED) is 0.836. The minimum atomic E-state index is -0.260. The highest BCUT2D eigenvalue weighted by Gasteiger charge is 2.41. The summed E-state index contributed by atoms with van der Waals surface area (Å²) in [5, 5.41) is 3.13. The Hall–Kier alpha value is -0.610. The number of rotatable bonds is 4. The van der Waals surface area contributed by atoms with E-state index < -0.39 is 0 Å². The van der Waals surface area contributed by atoms with Crippen molar-refractivity contribution in [2.45, 2.75) is 45.1 Å². The molecule has 2 saturated heterocycles. The zero-order valence-electron chi connectivity index (χ0n) is 12.0. The van der Waals surface area contributed by atoms with Crippen molar-refractivity contribution < 1.29 is 9.53 Å². The maximum Gasteiger partial charge on any atom is 0.230 e. The molecule has 0 aromatic heterocycles. The van der Waals surface area contributed by atoms with E-state index >= 15 is 0 Å². The van der Waals surface area contributed by atoms with Crippen LogP contribution in [0.5, 0.6) is 0 Å². The molecule has 0 unspecified atom stereocenters. The molecule has 1 saturated carbocycles. The molecule has 3 aliphatic rings. The van der Waals surface area contributed by atoms with Gasteiger partial charge in [-0.2, -0.15) is 0 Å². The van der Waals surface area contributed by atoms with Gasteiger partial charge in [0.25, 0.3) is 0 Å². The van der Waals surface area contributed by atoms with E-state index in [0.717, 1.165) is 12.6 Å². The van der Waals surface area contributed by atoms with Gasteiger partial charge in [0.15, 0.2) is 0 Å². The van der Waals surface area contributed by atoms with Crippen LogP contribution in [0.4, 0.5) is 0 Å². The molecule has 4 nitrogen and oxygen atoms in total. The fourth-order valence-corrected chi connectivity index (χ4v) is 3.62. The van der Waals surface area contributed by atoms with E-state index in [1.54, 1.807) is 0 Å². The molecule has 0 aromatic rings. The second-order valence-electron chi connectivity index (χ2n) is 6.85. The number of likely N-dealkylation sites (tertiary alicyclic amines) is 1. The third kappa shape index (κ3) is 2.79. The lowest BCUT2D eigenvalue weighted by atomic mass is 9.87. The minimum Gasteiger partial charge on any atom is -0.379 e. The van der Waals surface area contributed by atoms with E-state index in [2.05, 4.69) is 10.2 Å². The van der Waals surface area contributed by atoms with Crippen molar-refractivity contribution in [3.63, 3.8) is 0 Å². The maximum absolute atomic E-state index is 12.0. The van der Waals surface area contributed by atoms with Gasteiger partial charge in [0.05, 0.1) is 18.6 Å². The lowest BCUT2D eigenvalue weighted by Gasteiger charge is -2.36. The van der Waals surface area contributed by atoms with Gasteiger partial charge in [-0.3, -0.25) is 4.79 Å². The molecule has 1 amide bonds. The van der Waals surface area contributed by atoms with E-state index in [1.165, 1.54) is 45.2 Å². The number of carbonyl (C=O) groups excluding carboxylic acids is 1. The average Bonchev–Trinajstić information content (AvgIpc) is 3.02. The van der Waals surface area contributed by atoms with Gasteiger partial charge in [-0.15, -0.1) is 0 Å². The molecule has 3 fully saturated rings. The van der Waals surface area contributed by atoms with Crippen LogP contribution in [0.15, 0.2) is 0 Å². The molecule has 19 heavy (non-hydrogen) atoms. The van der Waals surface area contributed by atoms with E-state index in [9.17, 15) is 4.79 Å². The van der Waals surface area contributed by atoms with Gasteiger partial charge in [-0.1, -0.05) is 12.8 Å². The Morgan fingerprint density at radius 2 is 2.05 bits per heavy atom. The molecule has 0 bridgehead atoms. The highest BCUT2D eigenvalue weighted by Crippen LogP contribution is 2.29. The number of nitrogens with one attached hydrogen (secondary N) is 1. The topological polar surface area (TPSA) is 41.6 Å².